The Bertz CT molecular complexity index is 205. The molecule has 0 saturated heterocycles. The molecule has 0 amide bonds. The SMILES string of the molecule is CCCCCCCCCC(CC)OC(=O)C(C)S. The fraction of sp³-hybridized carbons (Fsp3) is 0.933. The fourth-order valence-electron chi connectivity index (χ4n) is 1.94. The van der Waals surface area contributed by atoms with Crippen LogP contribution in [0.15, 0.2) is 0 Å². The highest BCUT2D eigenvalue weighted by molar-refractivity contribution is 7.81. The van der Waals surface area contributed by atoms with E-state index in [1.54, 1.807) is 6.92 Å². The topological polar surface area (TPSA) is 26.3 Å². The highest BCUT2D eigenvalue weighted by Gasteiger charge is 2.15. The Morgan fingerprint density at radius 3 is 2.11 bits per heavy atom. The number of rotatable bonds is 11. The van der Waals surface area contributed by atoms with Gasteiger partial charge in [0.05, 0.1) is 5.25 Å². The molecule has 0 heterocycles. The van der Waals surface area contributed by atoms with E-state index in [0.29, 0.717) is 0 Å². The highest BCUT2D eigenvalue weighted by Crippen LogP contribution is 2.14. The molecule has 0 aromatic rings. The lowest BCUT2D eigenvalue weighted by molar-refractivity contribution is -0.148. The molecule has 0 aromatic carbocycles. The number of esters is 1. The monoisotopic (exact) mass is 274 g/mol. The van der Waals surface area contributed by atoms with Crippen molar-refractivity contribution < 1.29 is 9.53 Å². The molecule has 0 aliphatic rings. The molecule has 2 unspecified atom stereocenters. The van der Waals surface area contributed by atoms with Crippen molar-refractivity contribution in [2.45, 2.75) is 89.9 Å². The summed E-state index contributed by atoms with van der Waals surface area (Å²) in [5, 5.41) is -0.312. The predicted octanol–water partition coefficient (Wildman–Crippen LogP) is 4.77. The number of carbonyl (C=O) groups excluding carboxylic acids is 1. The summed E-state index contributed by atoms with van der Waals surface area (Å²) in [6.45, 7) is 6.07. The molecule has 3 heteroatoms. The predicted molar refractivity (Wildman–Crippen MR) is 81.2 cm³/mol. The first-order chi connectivity index (χ1) is 8.61. The molecule has 0 radical (unpaired) electrons. The molecule has 2 atom stereocenters. The Morgan fingerprint density at radius 1 is 1.06 bits per heavy atom. The summed E-state index contributed by atoms with van der Waals surface area (Å²) in [7, 11) is 0. The molecular weight excluding hydrogens is 244 g/mol. The van der Waals surface area contributed by atoms with Gasteiger partial charge in [-0.1, -0.05) is 52.4 Å². The van der Waals surface area contributed by atoms with E-state index in [0.717, 1.165) is 12.8 Å². The first kappa shape index (κ1) is 17.8. The van der Waals surface area contributed by atoms with Crippen LogP contribution >= 0.6 is 12.6 Å². The molecule has 0 rings (SSSR count). The summed E-state index contributed by atoms with van der Waals surface area (Å²) in [4.78, 5) is 11.4. The molecule has 0 aliphatic carbocycles. The normalized spacial score (nSPS) is 14.2. The minimum absolute atomic E-state index is 0.0859. The Morgan fingerprint density at radius 2 is 1.61 bits per heavy atom. The second-order valence-electron chi connectivity index (χ2n) is 5.05. The summed E-state index contributed by atoms with van der Waals surface area (Å²) in [5.74, 6) is -0.187. The molecule has 0 fully saturated rings. The van der Waals surface area contributed by atoms with Gasteiger partial charge in [0.1, 0.15) is 6.10 Å². The Balaban J connectivity index is 3.53. The third-order valence-corrected chi connectivity index (χ3v) is 3.42. The standard InChI is InChI=1S/C15H30O2S/c1-4-6-7-8-9-10-11-12-14(5-2)17-15(16)13(3)18/h13-14,18H,4-12H2,1-3H3. The van der Waals surface area contributed by atoms with Crippen molar-refractivity contribution in [1.82, 2.24) is 0 Å². The van der Waals surface area contributed by atoms with E-state index >= 15 is 0 Å². The largest absolute Gasteiger partial charge is 0.462 e. The summed E-state index contributed by atoms with van der Waals surface area (Å²) >= 11 is 4.09. The highest BCUT2D eigenvalue weighted by atomic mass is 32.1. The van der Waals surface area contributed by atoms with Crippen molar-refractivity contribution in [2.24, 2.45) is 0 Å². The molecule has 0 saturated carbocycles. The average molecular weight is 274 g/mol. The van der Waals surface area contributed by atoms with E-state index in [1.165, 1.54) is 44.9 Å². The zero-order chi connectivity index (χ0) is 13.8. The molecule has 0 aliphatic heterocycles. The molecule has 0 spiro atoms. The van der Waals surface area contributed by atoms with Crippen LogP contribution in [0, 0.1) is 0 Å². The van der Waals surface area contributed by atoms with Gasteiger partial charge in [0.25, 0.3) is 0 Å². The van der Waals surface area contributed by atoms with Crippen LogP contribution in [0.4, 0.5) is 0 Å². The van der Waals surface area contributed by atoms with Crippen LogP contribution in [-0.4, -0.2) is 17.3 Å². The van der Waals surface area contributed by atoms with Crippen LogP contribution in [0.1, 0.15) is 78.6 Å². The molecule has 0 N–H and O–H groups in total. The van der Waals surface area contributed by atoms with Gasteiger partial charge >= 0.3 is 5.97 Å². The Labute approximate surface area is 118 Å². The lowest BCUT2D eigenvalue weighted by Gasteiger charge is -2.17. The van der Waals surface area contributed by atoms with E-state index in [1.807, 2.05) is 0 Å². The van der Waals surface area contributed by atoms with E-state index in [-0.39, 0.29) is 17.3 Å². The number of ether oxygens (including phenoxy) is 1. The quantitative estimate of drug-likeness (QED) is 0.334. The number of carbonyl (C=O) groups is 1. The van der Waals surface area contributed by atoms with E-state index in [4.69, 9.17) is 4.74 Å². The molecule has 108 valence electrons. The summed E-state index contributed by atoms with van der Waals surface area (Å²) in [6.07, 6.45) is 11.1. The molecular formula is C15H30O2S. The molecule has 0 aromatic heterocycles. The van der Waals surface area contributed by atoms with Gasteiger partial charge in [0.15, 0.2) is 0 Å². The van der Waals surface area contributed by atoms with E-state index in [9.17, 15) is 4.79 Å². The third kappa shape index (κ3) is 9.81. The van der Waals surface area contributed by atoms with Gasteiger partial charge in [-0.05, 0) is 26.2 Å². The first-order valence-corrected chi connectivity index (χ1v) is 8.02. The van der Waals surface area contributed by atoms with Crippen LogP contribution in [-0.2, 0) is 9.53 Å². The lowest BCUT2D eigenvalue weighted by atomic mass is 10.1. The maximum atomic E-state index is 11.4. The van der Waals surface area contributed by atoms with E-state index < -0.39 is 0 Å². The van der Waals surface area contributed by atoms with Gasteiger partial charge in [-0.15, -0.1) is 0 Å². The van der Waals surface area contributed by atoms with Crippen LogP contribution in [0.25, 0.3) is 0 Å². The number of thiol groups is 1. The van der Waals surface area contributed by atoms with Gasteiger partial charge in [-0.25, -0.2) is 0 Å². The van der Waals surface area contributed by atoms with Gasteiger partial charge < -0.3 is 4.74 Å². The number of hydrogen-bond donors (Lipinski definition) is 1. The summed E-state index contributed by atoms with van der Waals surface area (Å²) < 4.78 is 5.39. The number of hydrogen-bond acceptors (Lipinski definition) is 3. The van der Waals surface area contributed by atoms with Crippen LogP contribution in [0.5, 0.6) is 0 Å². The van der Waals surface area contributed by atoms with E-state index in [2.05, 4.69) is 26.5 Å². The van der Waals surface area contributed by atoms with Crippen LogP contribution in [0.2, 0.25) is 0 Å². The first-order valence-electron chi connectivity index (χ1n) is 7.50. The second kappa shape index (κ2) is 11.9. The zero-order valence-electron chi connectivity index (χ0n) is 12.3. The van der Waals surface area contributed by atoms with Crippen molar-refractivity contribution in [3.63, 3.8) is 0 Å². The average Bonchev–Trinajstić information content (AvgIpc) is 2.35. The van der Waals surface area contributed by atoms with Gasteiger partial charge in [0, 0.05) is 0 Å². The molecule has 0 bridgehead atoms. The maximum Gasteiger partial charge on any atom is 0.318 e. The van der Waals surface area contributed by atoms with Crippen molar-refractivity contribution in [1.29, 1.82) is 0 Å². The van der Waals surface area contributed by atoms with Crippen LogP contribution < -0.4 is 0 Å². The molecule has 18 heavy (non-hydrogen) atoms. The van der Waals surface area contributed by atoms with Gasteiger partial charge in [-0.3, -0.25) is 4.79 Å². The fourth-order valence-corrected chi connectivity index (χ4v) is 2.00. The van der Waals surface area contributed by atoms with Crippen molar-refractivity contribution in [3.8, 4) is 0 Å². The smallest absolute Gasteiger partial charge is 0.318 e. The third-order valence-electron chi connectivity index (χ3n) is 3.21. The zero-order valence-corrected chi connectivity index (χ0v) is 13.2. The lowest BCUT2D eigenvalue weighted by Crippen LogP contribution is -2.22. The molecule has 2 nitrogen and oxygen atoms in total. The minimum Gasteiger partial charge on any atom is -0.462 e. The minimum atomic E-state index is -0.312. The van der Waals surface area contributed by atoms with Crippen molar-refractivity contribution in [3.05, 3.63) is 0 Å². The summed E-state index contributed by atoms with van der Waals surface area (Å²) in [6, 6.07) is 0. The van der Waals surface area contributed by atoms with Crippen molar-refractivity contribution in [2.75, 3.05) is 0 Å². The van der Waals surface area contributed by atoms with Crippen molar-refractivity contribution >= 4 is 18.6 Å². The van der Waals surface area contributed by atoms with Gasteiger partial charge in [-0.2, -0.15) is 12.6 Å². The number of unbranched alkanes of at least 4 members (excludes halogenated alkanes) is 6. The second-order valence-corrected chi connectivity index (χ2v) is 5.83. The van der Waals surface area contributed by atoms with Crippen LogP contribution in [0.3, 0.4) is 0 Å². The van der Waals surface area contributed by atoms with Gasteiger partial charge in [0.2, 0.25) is 0 Å². The Kier molecular flexibility index (Phi) is 11.8. The Hall–Kier alpha value is -0.180. The maximum absolute atomic E-state index is 11.4. The summed E-state index contributed by atoms with van der Waals surface area (Å²) in [5.41, 5.74) is 0.